The summed E-state index contributed by atoms with van der Waals surface area (Å²) in [6.07, 6.45) is 2.58. The summed E-state index contributed by atoms with van der Waals surface area (Å²) in [6, 6.07) is 17.4. The van der Waals surface area contributed by atoms with E-state index in [0.29, 0.717) is 25.1 Å². The van der Waals surface area contributed by atoms with Crippen molar-refractivity contribution < 1.29 is 14.3 Å². The number of rotatable bonds is 8. The summed E-state index contributed by atoms with van der Waals surface area (Å²) in [5, 5.41) is 2.91. The van der Waals surface area contributed by atoms with Crippen LogP contribution in [0.1, 0.15) is 23.2 Å². The highest BCUT2D eigenvalue weighted by molar-refractivity contribution is 6.00. The molecule has 124 valence electrons. The number of amides is 1. The van der Waals surface area contributed by atoms with Gasteiger partial charge in [-0.25, -0.2) is 4.79 Å². The molecule has 0 saturated carbocycles. The van der Waals surface area contributed by atoms with Gasteiger partial charge < -0.3 is 10.1 Å². The molecule has 0 aromatic heterocycles. The van der Waals surface area contributed by atoms with Crippen molar-refractivity contribution in [1.29, 1.82) is 0 Å². The number of hydrogen-bond acceptors (Lipinski definition) is 3. The number of nitrogens with one attached hydrogen (secondary N) is 1. The Morgan fingerprint density at radius 1 is 1.00 bits per heavy atom. The van der Waals surface area contributed by atoms with Crippen LogP contribution in [0.25, 0.3) is 11.1 Å². The summed E-state index contributed by atoms with van der Waals surface area (Å²) in [4.78, 5) is 23.3. The fourth-order valence-electron chi connectivity index (χ4n) is 2.31. The van der Waals surface area contributed by atoms with E-state index in [1.807, 2.05) is 54.6 Å². The Morgan fingerprint density at radius 3 is 2.46 bits per heavy atom. The van der Waals surface area contributed by atoms with Gasteiger partial charge in [-0.1, -0.05) is 55.1 Å². The molecule has 0 atom stereocenters. The highest BCUT2D eigenvalue weighted by Crippen LogP contribution is 2.23. The first-order valence-electron chi connectivity index (χ1n) is 7.94. The fraction of sp³-hybridized carbons (Fsp3) is 0.200. The molecule has 24 heavy (non-hydrogen) atoms. The number of hydrogen-bond donors (Lipinski definition) is 1. The number of esters is 1. The lowest BCUT2D eigenvalue weighted by atomic mass is 9.99. The van der Waals surface area contributed by atoms with Gasteiger partial charge >= 0.3 is 5.97 Å². The van der Waals surface area contributed by atoms with Gasteiger partial charge in [-0.15, -0.1) is 0 Å². The Kier molecular flexibility index (Phi) is 6.77. The molecule has 4 nitrogen and oxygen atoms in total. The third kappa shape index (κ3) is 5.09. The van der Waals surface area contributed by atoms with E-state index in [2.05, 4.69) is 11.9 Å². The minimum absolute atomic E-state index is 0.0995. The highest BCUT2D eigenvalue weighted by atomic mass is 16.5. The van der Waals surface area contributed by atoms with E-state index in [-0.39, 0.29) is 5.91 Å². The Bertz CT molecular complexity index is 695. The molecule has 2 rings (SSSR count). The maximum atomic E-state index is 12.4. The predicted molar refractivity (Wildman–Crippen MR) is 94.6 cm³/mol. The standard InChI is InChI=1S/C20H21NO3/c1-2-19(22)24-15-9-8-14-21-20(23)18-13-7-6-12-17(18)16-10-4-3-5-11-16/h2-7,10-13H,1,8-9,14-15H2,(H,21,23). The van der Waals surface area contributed by atoms with Crippen molar-refractivity contribution >= 4 is 11.9 Å². The number of benzene rings is 2. The topological polar surface area (TPSA) is 55.4 Å². The van der Waals surface area contributed by atoms with Crippen molar-refractivity contribution in [3.05, 3.63) is 72.8 Å². The van der Waals surface area contributed by atoms with E-state index in [9.17, 15) is 9.59 Å². The summed E-state index contributed by atoms with van der Waals surface area (Å²) in [5.74, 6) is -0.520. The zero-order valence-corrected chi connectivity index (χ0v) is 13.5. The van der Waals surface area contributed by atoms with Crippen LogP contribution in [0, 0.1) is 0 Å². The van der Waals surface area contributed by atoms with Crippen LogP contribution in [-0.4, -0.2) is 25.0 Å². The lowest BCUT2D eigenvalue weighted by Crippen LogP contribution is -2.25. The molecule has 0 aliphatic heterocycles. The maximum absolute atomic E-state index is 12.4. The average Bonchev–Trinajstić information content (AvgIpc) is 2.64. The van der Waals surface area contributed by atoms with Crippen LogP contribution in [0.4, 0.5) is 0 Å². The largest absolute Gasteiger partial charge is 0.463 e. The first-order valence-corrected chi connectivity index (χ1v) is 7.94. The molecule has 0 fully saturated rings. The molecular weight excluding hydrogens is 302 g/mol. The SMILES string of the molecule is C=CC(=O)OCCCCNC(=O)c1ccccc1-c1ccccc1. The van der Waals surface area contributed by atoms with E-state index < -0.39 is 5.97 Å². The molecule has 4 heteroatoms. The third-order valence-corrected chi connectivity index (χ3v) is 3.52. The number of carbonyl (C=O) groups excluding carboxylic acids is 2. The van der Waals surface area contributed by atoms with Crippen molar-refractivity contribution in [2.45, 2.75) is 12.8 Å². The normalized spacial score (nSPS) is 10.0. The second-order valence-corrected chi connectivity index (χ2v) is 5.25. The van der Waals surface area contributed by atoms with Gasteiger partial charge in [0, 0.05) is 18.2 Å². The fourth-order valence-corrected chi connectivity index (χ4v) is 2.31. The van der Waals surface area contributed by atoms with E-state index in [0.717, 1.165) is 23.6 Å². The highest BCUT2D eigenvalue weighted by Gasteiger charge is 2.11. The van der Waals surface area contributed by atoms with Crippen LogP contribution in [-0.2, 0) is 9.53 Å². The van der Waals surface area contributed by atoms with E-state index >= 15 is 0 Å². The second-order valence-electron chi connectivity index (χ2n) is 5.25. The van der Waals surface area contributed by atoms with Crippen LogP contribution in [0.15, 0.2) is 67.3 Å². The molecule has 0 radical (unpaired) electrons. The van der Waals surface area contributed by atoms with Crippen molar-refractivity contribution in [2.24, 2.45) is 0 Å². The summed E-state index contributed by atoms with van der Waals surface area (Å²) in [5.41, 5.74) is 2.58. The lowest BCUT2D eigenvalue weighted by molar-refractivity contribution is -0.137. The molecule has 2 aromatic rings. The monoisotopic (exact) mass is 323 g/mol. The minimum Gasteiger partial charge on any atom is -0.463 e. The smallest absolute Gasteiger partial charge is 0.330 e. The van der Waals surface area contributed by atoms with Crippen LogP contribution in [0.3, 0.4) is 0 Å². The summed E-state index contributed by atoms with van der Waals surface area (Å²) >= 11 is 0. The van der Waals surface area contributed by atoms with Gasteiger partial charge in [-0.3, -0.25) is 4.79 Å². The Labute approximate surface area is 142 Å². The molecular formula is C20H21NO3. The van der Waals surface area contributed by atoms with E-state index in [1.54, 1.807) is 0 Å². The summed E-state index contributed by atoms with van der Waals surface area (Å²) in [6.45, 7) is 4.20. The first kappa shape index (κ1) is 17.5. The average molecular weight is 323 g/mol. The summed E-state index contributed by atoms with van der Waals surface area (Å²) < 4.78 is 4.89. The van der Waals surface area contributed by atoms with Gasteiger partial charge in [-0.05, 0) is 30.0 Å². The maximum Gasteiger partial charge on any atom is 0.330 e. The Morgan fingerprint density at radius 2 is 1.71 bits per heavy atom. The van der Waals surface area contributed by atoms with Crippen LogP contribution < -0.4 is 5.32 Å². The van der Waals surface area contributed by atoms with Crippen molar-refractivity contribution in [3.8, 4) is 11.1 Å². The molecule has 0 spiro atoms. The van der Waals surface area contributed by atoms with Gasteiger partial charge in [0.2, 0.25) is 0 Å². The molecule has 0 unspecified atom stereocenters. The number of ether oxygens (including phenoxy) is 1. The molecule has 1 N–H and O–H groups in total. The third-order valence-electron chi connectivity index (χ3n) is 3.52. The van der Waals surface area contributed by atoms with Crippen LogP contribution in [0.2, 0.25) is 0 Å². The molecule has 1 amide bonds. The molecule has 0 bridgehead atoms. The second kappa shape index (κ2) is 9.30. The summed E-state index contributed by atoms with van der Waals surface area (Å²) in [7, 11) is 0. The Hall–Kier alpha value is -2.88. The first-order chi connectivity index (χ1) is 11.7. The zero-order valence-electron chi connectivity index (χ0n) is 13.5. The van der Waals surface area contributed by atoms with Gasteiger partial charge in [0.05, 0.1) is 6.61 Å². The van der Waals surface area contributed by atoms with Crippen molar-refractivity contribution in [3.63, 3.8) is 0 Å². The van der Waals surface area contributed by atoms with Crippen molar-refractivity contribution in [1.82, 2.24) is 5.32 Å². The zero-order chi connectivity index (χ0) is 17.2. The number of unbranched alkanes of at least 4 members (excludes halogenated alkanes) is 1. The lowest BCUT2D eigenvalue weighted by Gasteiger charge is -2.10. The predicted octanol–water partition coefficient (Wildman–Crippen LogP) is 3.59. The van der Waals surface area contributed by atoms with Crippen LogP contribution >= 0.6 is 0 Å². The quantitative estimate of drug-likeness (QED) is 0.459. The van der Waals surface area contributed by atoms with Gasteiger partial charge in [0.1, 0.15) is 0 Å². The molecule has 0 saturated heterocycles. The van der Waals surface area contributed by atoms with E-state index in [1.165, 1.54) is 0 Å². The minimum atomic E-state index is -0.421. The molecule has 2 aromatic carbocycles. The molecule has 0 aliphatic rings. The molecule has 0 aliphatic carbocycles. The van der Waals surface area contributed by atoms with E-state index in [4.69, 9.17) is 4.74 Å². The number of carbonyl (C=O) groups is 2. The van der Waals surface area contributed by atoms with Crippen molar-refractivity contribution in [2.75, 3.05) is 13.2 Å². The van der Waals surface area contributed by atoms with Gasteiger partial charge in [0.15, 0.2) is 0 Å². The molecule has 0 heterocycles. The van der Waals surface area contributed by atoms with Crippen LogP contribution in [0.5, 0.6) is 0 Å². The van der Waals surface area contributed by atoms with Gasteiger partial charge in [-0.2, -0.15) is 0 Å². The Balaban J connectivity index is 1.87. The van der Waals surface area contributed by atoms with Gasteiger partial charge in [0.25, 0.3) is 5.91 Å².